The summed E-state index contributed by atoms with van der Waals surface area (Å²) < 4.78 is 9.77. The van der Waals surface area contributed by atoms with Gasteiger partial charge >= 0.3 is 0 Å². The minimum Gasteiger partial charge on any atom is -0.377 e. The average Bonchev–Trinajstić information content (AvgIpc) is 2.54. The fraction of sp³-hybridized carbons (Fsp3) is 0.500. The molecule has 0 fully saturated rings. The number of rotatable bonds is 6. The summed E-state index contributed by atoms with van der Waals surface area (Å²) in [6, 6.07) is 0. The number of nitrogens with one attached hydrogen (secondary N) is 1. The van der Waals surface area contributed by atoms with Crippen LogP contribution in [0.3, 0.4) is 0 Å². The van der Waals surface area contributed by atoms with Crippen LogP contribution in [-0.2, 0) is 17.9 Å². The van der Waals surface area contributed by atoms with E-state index in [4.69, 9.17) is 9.26 Å². The van der Waals surface area contributed by atoms with E-state index >= 15 is 0 Å². The van der Waals surface area contributed by atoms with Crippen molar-refractivity contribution in [2.24, 2.45) is 0 Å². The molecular formula is C8H13N3O2. The standard InChI is InChI=1S/C8H13N3O2/c1-3-4-9-5-8-10-7(6-12-2)11-13-8/h3,9H,1,4-6H2,2H3. The van der Waals surface area contributed by atoms with Crippen LogP contribution < -0.4 is 5.32 Å². The molecule has 1 N–H and O–H groups in total. The minimum absolute atomic E-state index is 0.380. The molecule has 0 atom stereocenters. The Morgan fingerprint density at radius 2 is 2.54 bits per heavy atom. The zero-order chi connectivity index (χ0) is 9.52. The van der Waals surface area contributed by atoms with Crippen LogP contribution in [0.15, 0.2) is 17.2 Å². The second kappa shape index (κ2) is 5.45. The molecule has 1 aromatic rings. The van der Waals surface area contributed by atoms with Crippen LogP contribution in [0, 0.1) is 0 Å². The van der Waals surface area contributed by atoms with Gasteiger partial charge in [0.15, 0.2) is 5.82 Å². The summed E-state index contributed by atoms with van der Waals surface area (Å²) in [5.74, 6) is 1.13. The molecule has 0 amide bonds. The van der Waals surface area contributed by atoms with Gasteiger partial charge in [-0.3, -0.25) is 0 Å². The molecule has 13 heavy (non-hydrogen) atoms. The number of nitrogens with zero attached hydrogens (tertiary/aromatic N) is 2. The molecule has 0 saturated carbocycles. The van der Waals surface area contributed by atoms with Gasteiger partial charge in [-0.05, 0) is 0 Å². The summed E-state index contributed by atoms with van der Waals surface area (Å²) in [4.78, 5) is 4.07. The van der Waals surface area contributed by atoms with E-state index < -0.39 is 0 Å². The number of hydrogen-bond donors (Lipinski definition) is 1. The quantitative estimate of drug-likeness (QED) is 0.513. The summed E-state index contributed by atoms with van der Waals surface area (Å²) >= 11 is 0. The topological polar surface area (TPSA) is 60.2 Å². The molecule has 1 heterocycles. The van der Waals surface area contributed by atoms with Crippen molar-refractivity contribution < 1.29 is 9.26 Å². The van der Waals surface area contributed by atoms with Crippen LogP contribution in [0.25, 0.3) is 0 Å². The summed E-state index contributed by atoms with van der Waals surface area (Å²) in [5, 5.41) is 6.76. The second-order valence-corrected chi connectivity index (χ2v) is 2.46. The van der Waals surface area contributed by atoms with E-state index in [9.17, 15) is 0 Å². The Kier molecular flexibility index (Phi) is 4.14. The van der Waals surface area contributed by atoms with E-state index in [1.807, 2.05) is 0 Å². The van der Waals surface area contributed by atoms with Gasteiger partial charge in [0.1, 0.15) is 6.61 Å². The van der Waals surface area contributed by atoms with Gasteiger partial charge in [-0.15, -0.1) is 6.58 Å². The van der Waals surface area contributed by atoms with Crippen molar-refractivity contribution in [3.63, 3.8) is 0 Å². The molecule has 5 nitrogen and oxygen atoms in total. The number of ether oxygens (including phenoxy) is 1. The summed E-state index contributed by atoms with van der Waals surface area (Å²) in [5.41, 5.74) is 0. The molecule has 0 unspecified atom stereocenters. The zero-order valence-corrected chi connectivity index (χ0v) is 7.62. The predicted octanol–water partition coefficient (Wildman–Crippen LogP) is 0.492. The largest absolute Gasteiger partial charge is 0.377 e. The smallest absolute Gasteiger partial charge is 0.240 e. The van der Waals surface area contributed by atoms with Crippen molar-refractivity contribution in [1.29, 1.82) is 0 Å². The summed E-state index contributed by atoms with van der Waals surface area (Å²) in [6.07, 6.45) is 1.77. The first kappa shape index (κ1) is 9.88. The van der Waals surface area contributed by atoms with Gasteiger partial charge in [0, 0.05) is 13.7 Å². The average molecular weight is 183 g/mol. The van der Waals surface area contributed by atoms with Gasteiger partial charge in [-0.1, -0.05) is 11.2 Å². The molecule has 0 aliphatic carbocycles. The highest BCUT2D eigenvalue weighted by molar-refractivity contribution is 4.84. The van der Waals surface area contributed by atoms with E-state index in [-0.39, 0.29) is 0 Å². The van der Waals surface area contributed by atoms with Crippen LogP contribution in [0.1, 0.15) is 11.7 Å². The Bertz CT molecular complexity index is 260. The molecule has 72 valence electrons. The van der Waals surface area contributed by atoms with Crippen molar-refractivity contribution in [1.82, 2.24) is 15.5 Å². The van der Waals surface area contributed by atoms with E-state index in [1.54, 1.807) is 13.2 Å². The van der Waals surface area contributed by atoms with E-state index in [0.29, 0.717) is 24.9 Å². The Morgan fingerprint density at radius 3 is 3.23 bits per heavy atom. The third-order valence-electron chi connectivity index (χ3n) is 1.35. The Balaban J connectivity index is 2.35. The van der Waals surface area contributed by atoms with Crippen molar-refractivity contribution in [3.05, 3.63) is 24.4 Å². The molecule has 0 saturated heterocycles. The lowest BCUT2D eigenvalue weighted by Gasteiger charge is -1.93. The molecule has 0 aliphatic rings. The molecule has 0 radical (unpaired) electrons. The molecule has 1 rings (SSSR count). The maximum atomic E-state index is 4.93. The van der Waals surface area contributed by atoms with Gasteiger partial charge in [-0.25, -0.2) is 0 Å². The van der Waals surface area contributed by atoms with Crippen molar-refractivity contribution in [2.75, 3.05) is 13.7 Å². The molecule has 0 aromatic carbocycles. The lowest BCUT2D eigenvalue weighted by atomic mass is 10.5. The predicted molar refractivity (Wildman–Crippen MR) is 46.9 cm³/mol. The van der Waals surface area contributed by atoms with E-state index in [1.165, 1.54) is 0 Å². The third kappa shape index (κ3) is 3.35. The first-order valence-electron chi connectivity index (χ1n) is 3.99. The van der Waals surface area contributed by atoms with Crippen LogP contribution >= 0.6 is 0 Å². The first-order valence-corrected chi connectivity index (χ1v) is 3.99. The minimum atomic E-state index is 0.380. The molecule has 0 spiro atoms. The lowest BCUT2D eigenvalue weighted by Crippen LogP contribution is -2.12. The summed E-state index contributed by atoms with van der Waals surface area (Å²) in [7, 11) is 1.59. The SMILES string of the molecule is C=CCNCc1nc(COC)no1. The third-order valence-corrected chi connectivity index (χ3v) is 1.35. The zero-order valence-electron chi connectivity index (χ0n) is 7.62. The Morgan fingerprint density at radius 1 is 1.69 bits per heavy atom. The highest BCUT2D eigenvalue weighted by Gasteiger charge is 2.03. The fourth-order valence-corrected chi connectivity index (χ4v) is 0.831. The monoisotopic (exact) mass is 183 g/mol. The Labute approximate surface area is 76.8 Å². The van der Waals surface area contributed by atoms with Gasteiger partial charge < -0.3 is 14.6 Å². The maximum absolute atomic E-state index is 4.93. The van der Waals surface area contributed by atoms with Crippen LogP contribution in [0.4, 0.5) is 0 Å². The normalized spacial score (nSPS) is 10.2. The van der Waals surface area contributed by atoms with Gasteiger partial charge in [-0.2, -0.15) is 4.98 Å². The summed E-state index contributed by atoms with van der Waals surface area (Å²) in [6.45, 7) is 5.24. The molecule has 1 aromatic heterocycles. The van der Waals surface area contributed by atoms with Gasteiger partial charge in [0.25, 0.3) is 0 Å². The van der Waals surface area contributed by atoms with Crippen molar-refractivity contribution in [3.8, 4) is 0 Å². The molecule has 5 heteroatoms. The van der Waals surface area contributed by atoms with E-state index in [0.717, 1.165) is 6.54 Å². The maximum Gasteiger partial charge on any atom is 0.240 e. The van der Waals surface area contributed by atoms with Gasteiger partial charge in [0.05, 0.1) is 6.54 Å². The second-order valence-electron chi connectivity index (χ2n) is 2.46. The van der Waals surface area contributed by atoms with Crippen LogP contribution in [0.5, 0.6) is 0 Å². The number of hydrogen-bond acceptors (Lipinski definition) is 5. The van der Waals surface area contributed by atoms with E-state index in [2.05, 4.69) is 22.0 Å². The van der Waals surface area contributed by atoms with Crippen LogP contribution in [-0.4, -0.2) is 23.8 Å². The number of methoxy groups -OCH3 is 1. The highest BCUT2D eigenvalue weighted by Crippen LogP contribution is 1.97. The Hall–Kier alpha value is -1.20. The van der Waals surface area contributed by atoms with Crippen molar-refractivity contribution in [2.45, 2.75) is 13.2 Å². The number of aromatic nitrogens is 2. The molecular weight excluding hydrogens is 170 g/mol. The lowest BCUT2D eigenvalue weighted by molar-refractivity contribution is 0.174. The first-order chi connectivity index (χ1) is 6.36. The van der Waals surface area contributed by atoms with Gasteiger partial charge in [0.2, 0.25) is 5.89 Å². The molecule has 0 aliphatic heterocycles. The fourth-order valence-electron chi connectivity index (χ4n) is 0.831. The highest BCUT2D eigenvalue weighted by atomic mass is 16.5. The molecule has 0 bridgehead atoms. The van der Waals surface area contributed by atoms with Crippen LogP contribution in [0.2, 0.25) is 0 Å². The van der Waals surface area contributed by atoms with Crippen molar-refractivity contribution >= 4 is 0 Å².